The van der Waals surface area contributed by atoms with Crippen molar-refractivity contribution in [2.24, 2.45) is 5.73 Å². The average molecular weight is 358 g/mol. The Bertz CT molecular complexity index is 727. The minimum atomic E-state index is -0.523. The molecule has 2 aromatic rings. The zero-order valence-electron chi connectivity index (χ0n) is 14.0. The molecule has 5 nitrogen and oxygen atoms in total. The monoisotopic (exact) mass is 358 g/mol. The Morgan fingerprint density at radius 1 is 1.08 bits per heavy atom. The van der Waals surface area contributed by atoms with Crippen molar-refractivity contribution in [3.05, 3.63) is 45.6 Å². The predicted octanol–water partition coefficient (Wildman–Crippen LogP) is 3.52. The number of primary amides is 1. The summed E-state index contributed by atoms with van der Waals surface area (Å²) in [7, 11) is 0. The summed E-state index contributed by atoms with van der Waals surface area (Å²) in [5, 5.41) is 2.91. The molecule has 0 spiro atoms. The van der Waals surface area contributed by atoms with Crippen LogP contribution in [0.4, 0.5) is 5.69 Å². The number of anilines is 1. The minimum absolute atomic E-state index is 0.0810. The Morgan fingerprint density at radius 2 is 1.80 bits per heavy atom. The van der Waals surface area contributed by atoms with Gasteiger partial charge >= 0.3 is 0 Å². The van der Waals surface area contributed by atoms with E-state index >= 15 is 0 Å². The topological polar surface area (TPSA) is 81.4 Å². The van der Waals surface area contributed by atoms with Gasteiger partial charge in [0.15, 0.2) is 6.61 Å². The third-order valence-electron chi connectivity index (χ3n) is 4.21. The number of fused-ring (bicyclic) bond motifs is 1. The highest BCUT2D eigenvalue weighted by molar-refractivity contribution is 7.14. The molecule has 1 aromatic carbocycles. The van der Waals surface area contributed by atoms with Crippen LogP contribution in [-0.2, 0) is 17.6 Å². The van der Waals surface area contributed by atoms with Crippen LogP contribution in [0.2, 0.25) is 0 Å². The second-order valence-electron chi connectivity index (χ2n) is 6.21. The Hall–Kier alpha value is -2.34. The molecular weight excluding hydrogens is 336 g/mol. The van der Waals surface area contributed by atoms with E-state index in [1.807, 2.05) is 6.07 Å². The van der Waals surface area contributed by atoms with Crippen LogP contribution in [0.5, 0.6) is 5.75 Å². The largest absolute Gasteiger partial charge is 0.484 e. The lowest BCUT2D eigenvalue weighted by atomic mass is 10.00. The Labute approximate surface area is 151 Å². The van der Waals surface area contributed by atoms with Crippen LogP contribution in [0.3, 0.4) is 0 Å². The number of benzene rings is 1. The molecule has 0 unspecified atom stereocenters. The molecule has 1 aliphatic carbocycles. The van der Waals surface area contributed by atoms with Crippen molar-refractivity contribution in [2.45, 2.75) is 38.5 Å². The van der Waals surface area contributed by atoms with E-state index in [4.69, 9.17) is 10.5 Å². The molecule has 0 fully saturated rings. The molecule has 25 heavy (non-hydrogen) atoms. The molecule has 0 atom stereocenters. The summed E-state index contributed by atoms with van der Waals surface area (Å²) < 4.78 is 5.21. The molecule has 0 radical (unpaired) electrons. The van der Waals surface area contributed by atoms with Crippen LogP contribution in [-0.4, -0.2) is 18.4 Å². The quantitative estimate of drug-likeness (QED) is 0.858. The van der Waals surface area contributed by atoms with Gasteiger partial charge in [-0.05, 0) is 61.6 Å². The highest BCUT2D eigenvalue weighted by Gasteiger charge is 2.16. The first-order chi connectivity index (χ1) is 12.1. The molecule has 6 heteroatoms. The van der Waals surface area contributed by atoms with Crippen molar-refractivity contribution in [1.82, 2.24) is 0 Å². The van der Waals surface area contributed by atoms with Crippen molar-refractivity contribution in [3.8, 4) is 5.75 Å². The van der Waals surface area contributed by atoms with E-state index in [-0.39, 0.29) is 12.5 Å². The molecular formula is C19H22N2O3S. The fraction of sp³-hybridized carbons (Fsp3) is 0.368. The fourth-order valence-electron chi connectivity index (χ4n) is 2.94. The number of hydrogen-bond donors (Lipinski definition) is 2. The number of rotatable bonds is 5. The fourth-order valence-corrected chi connectivity index (χ4v) is 4.09. The minimum Gasteiger partial charge on any atom is -0.484 e. The van der Waals surface area contributed by atoms with Crippen LogP contribution >= 0.6 is 11.3 Å². The van der Waals surface area contributed by atoms with Gasteiger partial charge in [0.05, 0.1) is 4.88 Å². The van der Waals surface area contributed by atoms with Gasteiger partial charge in [-0.15, -0.1) is 11.3 Å². The lowest BCUT2D eigenvalue weighted by Crippen LogP contribution is -2.20. The molecule has 1 aromatic heterocycles. The van der Waals surface area contributed by atoms with Gasteiger partial charge in [0.1, 0.15) is 5.75 Å². The lowest BCUT2D eigenvalue weighted by Gasteiger charge is -2.07. The van der Waals surface area contributed by atoms with Gasteiger partial charge in [0.25, 0.3) is 11.8 Å². The maximum atomic E-state index is 12.5. The standard InChI is InChI=1S/C19H22N2O3S/c20-18(22)12-24-15-9-7-14(8-10-15)21-19(23)17-11-13-5-3-1-2-4-6-16(13)25-17/h7-11H,1-6,12H2,(H2,20,22)(H,21,23). The zero-order valence-corrected chi connectivity index (χ0v) is 14.9. The highest BCUT2D eigenvalue weighted by atomic mass is 32.1. The van der Waals surface area contributed by atoms with E-state index in [9.17, 15) is 9.59 Å². The summed E-state index contributed by atoms with van der Waals surface area (Å²) in [6.07, 6.45) is 7.13. The maximum Gasteiger partial charge on any atom is 0.265 e. The average Bonchev–Trinajstić information content (AvgIpc) is 2.96. The van der Waals surface area contributed by atoms with Crippen molar-refractivity contribution >= 4 is 28.8 Å². The molecule has 2 amide bonds. The molecule has 0 saturated heterocycles. The maximum absolute atomic E-state index is 12.5. The number of nitrogens with two attached hydrogens (primary N) is 1. The Morgan fingerprint density at radius 3 is 2.52 bits per heavy atom. The SMILES string of the molecule is NC(=O)COc1ccc(NC(=O)c2cc3c(s2)CCCCCC3)cc1. The molecule has 0 saturated carbocycles. The molecule has 3 rings (SSSR count). The normalized spacial score (nSPS) is 14.1. The summed E-state index contributed by atoms with van der Waals surface area (Å²) in [6, 6.07) is 8.94. The van der Waals surface area contributed by atoms with Crippen LogP contribution in [0.15, 0.2) is 30.3 Å². The summed E-state index contributed by atoms with van der Waals surface area (Å²) in [5.74, 6) is -0.0657. The lowest BCUT2D eigenvalue weighted by molar-refractivity contribution is -0.119. The van der Waals surface area contributed by atoms with Crippen LogP contribution in [0.1, 0.15) is 45.8 Å². The van der Waals surface area contributed by atoms with E-state index in [2.05, 4.69) is 5.32 Å². The van der Waals surface area contributed by atoms with Crippen molar-refractivity contribution < 1.29 is 14.3 Å². The van der Waals surface area contributed by atoms with Gasteiger partial charge < -0.3 is 15.8 Å². The Kier molecular flexibility index (Phi) is 5.71. The second kappa shape index (κ2) is 8.16. The van der Waals surface area contributed by atoms with Crippen LogP contribution < -0.4 is 15.8 Å². The third kappa shape index (κ3) is 4.82. The third-order valence-corrected chi connectivity index (χ3v) is 5.45. The van der Waals surface area contributed by atoms with E-state index in [0.29, 0.717) is 11.4 Å². The van der Waals surface area contributed by atoms with Crippen molar-refractivity contribution in [1.29, 1.82) is 0 Å². The van der Waals surface area contributed by atoms with Crippen molar-refractivity contribution in [3.63, 3.8) is 0 Å². The number of hydrogen-bond acceptors (Lipinski definition) is 4. The van der Waals surface area contributed by atoms with Gasteiger partial charge in [0.2, 0.25) is 0 Å². The van der Waals surface area contributed by atoms with E-state index in [0.717, 1.165) is 17.7 Å². The first-order valence-corrected chi connectivity index (χ1v) is 9.37. The molecule has 3 N–H and O–H groups in total. The highest BCUT2D eigenvalue weighted by Crippen LogP contribution is 2.29. The number of aryl methyl sites for hydroxylation is 2. The van der Waals surface area contributed by atoms with Crippen LogP contribution in [0.25, 0.3) is 0 Å². The van der Waals surface area contributed by atoms with Gasteiger partial charge in [-0.25, -0.2) is 0 Å². The van der Waals surface area contributed by atoms with Gasteiger partial charge in [-0.3, -0.25) is 9.59 Å². The number of carbonyl (C=O) groups excluding carboxylic acids is 2. The molecule has 1 heterocycles. The number of nitrogens with one attached hydrogen (secondary N) is 1. The van der Waals surface area contributed by atoms with Crippen molar-refractivity contribution in [2.75, 3.05) is 11.9 Å². The summed E-state index contributed by atoms with van der Waals surface area (Å²) in [6.45, 7) is -0.160. The number of amides is 2. The molecule has 0 aliphatic heterocycles. The zero-order chi connectivity index (χ0) is 17.6. The first-order valence-electron chi connectivity index (χ1n) is 8.56. The summed E-state index contributed by atoms with van der Waals surface area (Å²) >= 11 is 1.61. The molecule has 0 bridgehead atoms. The van der Waals surface area contributed by atoms with Gasteiger partial charge in [-0.2, -0.15) is 0 Å². The molecule has 1 aliphatic rings. The second-order valence-corrected chi connectivity index (χ2v) is 7.34. The first kappa shape index (κ1) is 17.5. The number of carbonyl (C=O) groups is 2. The van der Waals surface area contributed by atoms with Gasteiger partial charge in [-0.1, -0.05) is 12.8 Å². The summed E-state index contributed by atoms with van der Waals surface area (Å²) in [5.41, 5.74) is 7.07. The summed E-state index contributed by atoms with van der Waals surface area (Å²) in [4.78, 5) is 25.3. The van der Waals surface area contributed by atoms with E-state index in [1.165, 1.54) is 36.1 Å². The Balaban J connectivity index is 1.63. The van der Waals surface area contributed by atoms with Crippen LogP contribution in [0, 0.1) is 0 Å². The molecule has 132 valence electrons. The number of thiophene rings is 1. The number of ether oxygens (including phenoxy) is 1. The van der Waals surface area contributed by atoms with Gasteiger partial charge in [0, 0.05) is 10.6 Å². The predicted molar refractivity (Wildman–Crippen MR) is 99.3 cm³/mol. The van der Waals surface area contributed by atoms with E-state index < -0.39 is 5.91 Å². The smallest absolute Gasteiger partial charge is 0.265 e. The van der Waals surface area contributed by atoms with E-state index in [1.54, 1.807) is 35.6 Å².